The quantitative estimate of drug-likeness (QED) is 0.832. The molecular formula is C16H18N2O4S. The number of nitrogens with zero attached hydrogens (tertiary/aromatic N) is 1. The van der Waals surface area contributed by atoms with Crippen molar-refractivity contribution in [2.75, 3.05) is 6.26 Å². The number of carbonyl (C=O) groups is 2. The van der Waals surface area contributed by atoms with E-state index < -0.39 is 15.9 Å². The molecular weight excluding hydrogens is 316 g/mol. The van der Waals surface area contributed by atoms with Gasteiger partial charge in [-0.15, -0.1) is 0 Å². The Morgan fingerprint density at radius 1 is 1.09 bits per heavy atom. The van der Waals surface area contributed by atoms with Crippen LogP contribution >= 0.6 is 0 Å². The highest BCUT2D eigenvalue weighted by atomic mass is 32.2. The molecule has 0 saturated heterocycles. The number of ketones is 1. The molecule has 0 radical (unpaired) electrons. The van der Waals surface area contributed by atoms with Crippen LogP contribution in [0.1, 0.15) is 27.3 Å². The van der Waals surface area contributed by atoms with Crippen LogP contribution < -0.4 is 4.72 Å². The second kappa shape index (κ2) is 6.37. The molecule has 0 atom stereocenters. The second-order valence-corrected chi connectivity index (χ2v) is 7.19. The normalized spacial score (nSPS) is 11.3. The fourth-order valence-corrected chi connectivity index (χ4v) is 2.70. The average molecular weight is 334 g/mol. The van der Waals surface area contributed by atoms with Gasteiger partial charge < -0.3 is 4.57 Å². The van der Waals surface area contributed by atoms with Crippen molar-refractivity contribution in [1.29, 1.82) is 0 Å². The van der Waals surface area contributed by atoms with Gasteiger partial charge in [-0.3, -0.25) is 14.3 Å². The fourth-order valence-electron chi connectivity index (χ4n) is 2.22. The molecule has 0 unspecified atom stereocenters. The van der Waals surface area contributed by atoms with E-state index >= 15 is 0 Å². The zero-order valence-electron chi connectivity index (χ0n) is 13.2. The Hall–Kier alpha value is -2.41. The van der Waals surface area contributed by atoms with Crippen LogP contribution in [0.2, 0.25) is 0 Å². The Labute approximate surface area is 135 Å². The standard InChI is InChI=1S/C16H18N2O4S/c1-11-4-6-12(7-5-11)16(20)14-9-8-13(18(14)2)10-15(19)17-23(3,21)22/h4-9H,10H2,1-3H3,(H,17,19). The first-order valence-electron chi connectivity index (χ1n) is 6.94. The van der Waals surface area contributed by atoms with Crippen molar-refractivity contribution < 1.29 is 18.0 Å². The number of benzene rings is 1. The van der Waals surface area contributed by atoms with Crippen LogP contribution in [0.15, 0.2) is 36.4 Å². The lowest BCUT2D eigenvalue weighted by Crippen LogP contribution is -2.31. The molecule has 1 heterocycles. The number of rotatable bonds is 5. The number of sulfonamides is 1. The lowest BCUT2D eigenvalue weighted by Gasteiger charge is -2.08. The van der Waals surface area contributed by atoms with Crippen LogP contribution in [0.3, 0.4) is 0 Å². The Balaban J connectivity index is 2.20. The van der Waals surface area contributed by atoms with E-state index in [1.807, 2.05) is 23.8 Å². The van der Waals surface area contributed by atoms with Crippen molar-refractivity contribution >= 4 is 21.7 Å². The molecule has 0 fully saturated rings. The summed E-state index contributed by atoms with van der Waals surface area (Å²) in [6.07, 6.45) is 0.799. The van der Waals surface area contributed by atoms with Crippen molar-refractivity contribution in [3.63, 3.8) is 0 Å². The average Bonchev–Trinajstić information content (AvgIpc) is 2.78. The minimum absolute atomic E-state index is 0.120. The molecule has 122 valence electrons. The molecule has 0 saturated carbocycles. The predicted octanol–water partition coefficient (Wildman–Crippen LogP) is 1.18. The number of amides is 1. The fraction of sp³-hybridized carbons (Fsp3) is 0.250. The molecule has 0 spiro atoms. The molecule has 1 aromatic carbocycles. The van der Waals surface area contributed by atoms with Gasteiger partial charge in [-0.05, 0) is 19.1 Å². The highest BCUT2D eigenvalue weighted by Crippen LogP contribution is 2.14. The number of nitrogens with one attached hydrogen (secondary N) is 1. The monoisotopic (exact) mass is 334 g/mol. The summed E-state index contributed by atoms with van der Waals surface area (Å²) in [6, 6.07) is 10.5. The van der Waals surface area contributed by atoms with Crippen molar-refractivity contribution in [1.82, 2.24) is 9.29 Å². The van der Waals surface area contributed by atoms with E-state index in [-0.39, 0.29) is 12.2 Å². The van der Waals surface area contributed by atoms with Crippen LogP contribution in [0, 0.1) is 6.92 Å². The molecule has 0 aliphatic carbocycles. The summed E-state index contributed by atoms with van der Waals surface area (Å²) in [5.41, 5.74) is 2.62. The van der Waals surface area contributed by atoms with E-state index in [1.54, 1.807) is 35.9 Å². The van der Waals surface area contributed by atoms with Crippen molar-refractivity contribution in [3.05, 3.63) is 58.9 Å². The Kier molecular flexibility index (Phi) is 4.70. The maximum atomic E-state index is 12.5. The number of hydrogen-bond donors (Lipinski definition) is 1. The summed E-state index contributed by atoms with van der Waals surface area (Å²) in [7, 11) is -1.92. The molecule has 23 heavy (non-hydrogen) atoms. The van der Waals surface area contributed by atoms with E-state index in [4.69, 9.17) is 0 Å². The van der Waals surface area contributed by atoms with Gasteiger partial charge in [0.05, 0.1) is 18.4 Å². The number of aryl methyl sites for hydroxylation is 1. The third-order valence-corrected chi connectivity index (χ3v) is 4.01. The van der Waals surface area contributed by atoms with Gasteiger partial charge in [-0.25, -0.2) is 8.42 Å². The topological polar surface area (TPSA) is 85.2 Å². The molecule has 6 nitrogen and oxygen atoms in total. The van der Waals surface area contributed by atoms with Crippen molar-refractivity contribution in [2.45, 2.75) is 13.3 Å². The summed E-state index contributed by atoms with van der Waals surface area (Å²) in [5, 5.41) is 0. The molecule has 2 rings (SSSR count). The minimum atomic E-state index is -3.59. The largest absolute Gasteiger partial charge is 0.344 e. The first-order valence-corrected chi connectivity index (χ1v) is 8.83. The SMILES string of the molecule is Cc1ccc(C(=O)c2ccc(CC(=O)NS(C)(=O)=O)n2C)cc1. The van der Waals surface area contributed by atoms with Crippen LogP contribution in [0.25, 0.3) is 0 Å². The van der Waals surface area contributed by atoms with Gasteiger partial charge in [0.1, 0.15) is 0 Å². The zero-order valence-corrected chi connectivity index (χ0v) is 14.0. The zero-order chi connectivity index (χ0) is 17.2. The van der Waals surface area contributed by atoms with Gasteiger partial charge in [0.25, 0.3) is 0 Å². The van der Waals surface area contributed by atoms with E-state index in [9.17, 15) is 18.0 Å². The minimum Gasteiger partial charge on any atom is -0.344 e. The smallest absolute Gasteiger partial charge is 0.239 e. The van der Waals surface area contributed by atoms with E-state index in [1.165, 1.54) is 0 Å². The van der Waals surface area contributed by atoms with Gasteiger partial charge >= 0.3 is 0 Å². The maximum absolute atomic E-state index is 12.5. The van der Waals surface area contributed by atoms with E-state index in [2.05, 4.69) is 0 Å². The van der Waals surface area contributed by atoms with Gasteiger partial charge in [0.15, 0.2) is 0 Å². The van der Waals surface area contributed by atoms with Crippen molar-refractivity contribution in [2.24, 2.45) is 7.05 Å². The highest BCUT2D eigenvalue weighted by Gasteiger charge is 2.17. The second-order valence-electron chi connectivity index (χ2n) is 5.44. The maximum Gasteiger partial charge on any atom is 0.239 e. The van der Waals surface area contributed by atoms with Crippen LogP contribution in [0.4, 0.5) is 0 Å². The van der Waals surface area contributed by atoms with E-state index in [0.717, 1.165) is 11.8 Å². The van der Waals surface area contributed by atoms with Crippen LogP contribution in [-0.4, -0.2) is 30.9 Å². The molecule has 1 N–H and O–H groups in total. The third-order valence-electron chi connectivity index (χ3n) is 3.41. The predicted molar refractivity (Wildman–Crippen MR) is 86.7 cm³/mol. The Morgan fingerprint density at radius 3 is 2.26 bits per heavy atom. The van der Waals surface area contributed by atoms with Gasteiger partial charge in [-0.1, -0.05) is 29.8 Å². The number of hydrogen-bond acceptors (Lipinski definition) is 4. The molecule has 1 aromatic heterocycles. The summed E-state index contributed by atoms with van der Waals surface area (Å²) >= 11 is 0. The molecule has 0 aliphatic heterocycles. The Bertz CT molecular complexity index is 849. The Morgan fingerprint density at radius 2 is 1.70 bits per heavy atom. The van der Waals surface area contributed by atoms with Gasteiger partial charge in [-0.2, -0.15) is 0 Å². The summed E-state index contributed by atoms with van der Waals surface area (Å²) in [5.74, 6) is -0.787. The lowest BCUT2D eigenvalue weighted by molar-refractivity contribution is -0.118. The molecule has 0 aliphatic rings. The lowest BCUT2D eigenvalue weighted by atomic mass is 10.1. The number of carbonyl (C=O) groups excluding carboxylic acids is 2. The van der Waals surface area contributed by atoms with Crippen LogP contribution in [0.5, 0.6) is 0 Å². The molecule has 0 bridgehead atoms. The summed E-state index contributed by atoms with van der Waals surface area (Å²) in [6.45, 7) is 1.94. The van der Waals surface area contributed by atoms with Crippen molar-refractivity contribution in [3.8, 4) is 0 Å². The van der Waals surface area contributed by atoms with Gasteiger partial charge in [0, 0.05) is 18.3 Å². The van der Waals surface area contributed by atoms with Crippen LogP contribution in [-0.2, 0) is 28.3 Å². The summed E-state index contributed by atoms with van der Waals surface area (Å²) in [4.78, 5) is 24.2. The number of aromatic nitrogens is 1. The first kappa shape index (κ1) is 17.0. The summed E-state index contributed by atoms with van der Waals surface area (Å²) < 4.78 is 25.6. The molecule has 7 heteroatoms. The first-order chi connectivity index (χ1) is 10.7. The third kappa shape index (κ3) is 4.29. The van der Waals surface area contributed by atoms with Gasteiger partial charge in [0.2, 0.25) is 21.7 Å². The highest BCUT2D eigenvalue weighted by molar-refractivity contribution is 7.89. The molecule has 1 amide bonds. The molecule has 2 aromatic rings. The van der Waals surface area contributed by atoms with E-state index in [0.29, 0.717) is 17.0 Å².